The van der Waals surface area contributed by atoms with Gasteiger partial charge in [-0.25, -0.2) is 13.6 Å². The fourth-order valence-electron chi connectivity index (χ4n) is 4.85. The zero-order valence-electron chi connectivity index (χ0n) is 20.4. The molecule has 0 aliphatic carbocycles. The Kier molecular flexibility index (Phi) is 7.42. The van der Waals surface area contributed by atoms with Crippen LogP contribution in [0.5, 0.6) is 0 Å². The molecule has 1 aliphatic rings. The molecule has 2 N–H and O–H groups in total. The lowest BCUT2D eigenvalue weighted by molar-refractivity contribution is -0.0463. The minimum Gasteiger partial charge on any atom is -0.405 e. The van der Waals surface area contributed by atoms with Gasteiger partial charge in [0.2, 0.25) is 0 Å². The highest BCUT2D eigenvalue weighted by Crippen LogP contribution is 2.38. The molecule has 0 radical (unpaired) electrons. The smallest absolute Gasteiger partial charge is 0.330 e. The molecule has 0 unspecified atom stereocenters. The van der Waals surface area contributed by atoms with Gasteiger partial charge < -0.3 is 14.3 Å². The van der Waals surface area contributed by atoms with Crippen LogP contribution in [0.3, 0.4) is 0 Å². The van der Waals surface area contributed by atoms with Crippen molar-refractivity contribution in [2.45, 2.75) is 57.1 Å². The Morgan fingerprint density at radius 1 is 1.06 bits per heavy atom. The lowest BCUT2D eigenvalue weighted by Gasteiger charge is -2.43. The summed E-state index contributed by atoms with van der Waals surface area (Å²) < 4.78 is 41.6. The van der Waals surface area contributed by atoms with E-state index in [4.69, 9.17) is 9.16 Å². The Hall–Kier alpha value is -2.92. The van der Waals surface area contributed by atoms with Gasteiger partial charge in [0.15, 0.2) is 12.4 Å². The van der Waals surface area contributed by atoms with Gasteiger partial charge >= 0.3 is 5.69 Å². The first-order valence-corrected chi connectivity index (χ1v) is 13.6. The van der Waals surface area contributed by atoms with Gasteiger partial charge in [0.05, 0.1) is 12.2 Å². The summed E-state index contributed by atoms with van der Waals surface area (Å²) in [5.41, 5.74) is -2.18. The zero-order valence-corrected chi connectivity index (χ0v) is 21.4. The number of benzene rings is 2. The summed E-state index contributed by atoms with van der Waals surface area (Å²) in [7, 11) is -2.98. The Morgan fingerprint density at radius 2 is 1.61 bits per heavy atom. The van der Waals surface area contributed by atoms with Crippen molar-refractivity contribution in [1.29, 1.82) is 0 Å². The summed E-state index contributed by atoms with van der Waals surface area (Å²) in [6.45, 7) is 4.99. The summed E-state index contributed by atoms with van der Waals surface area (Å²) in [5.74, 6) is 0. The molecule has 1 aromatic heterocycles. The maximum atomic E-state index is 15.2. The van der Waals surface area contributed by atoms with Crippen molar-refractivity contribution < 1.29 is 23.1 Å². The van der Waals surface area contributed by atoms with Crippen molar-refractivity contribution in [3.05, 3.63) is 93.3 Å². The van der Waals surface area contributed by atoms with Crippen LogP contribution in [0.1, 0.15) is 32.6 Å². The molecule has 4 rings (SSSR count). The molecule has 7 nitrogen and oxygen atoms in total. The van der Waals surface area contributed by atoms with Gasteiger partial charge in [-0.2, -0.15) is 0 Å². The lowest BCUT2D eigenvalue weighted by atomic mass is 10.1. The first kappa shape index (κ1) is 26.1. The number of halogens is 2. The quantitative estimate of drug-likeness (QED) is 0.470. The summed E-state index contributed by atoms with van der Waals surface area (Å²) in [6.07, 6.45) is -5.30. The van der Waals surface area contributed by atoms with Crippen molar-refractivity contribution in [3.8, 4) is 0 Å². The van der Waals surface area contributed by atoms with Crippen LogP contribution >= 0.6 is 0 Å². The Bertz CT molecular complexity index is 1250. The monoisotopic (exact) mass is 516 g/mol. The molecule has 4 atom stereocenters. The molecule has 3 aromatic rings. The highest BCUT2D eigenvalue weighted by molar-refractivity contribution is 6.99. The standard InChI is InChI=1S/C26H30F2N2O5Si/c1-26(2,3)36(18-10-6-4-7-11-18,19-12-8-5-9-13-19)34-16-20-22(31)21(28)24(35-20)30-15-17(14-27)23(32)29-25(30)33/h4-13,15,20-22,24,31H,14,16H2,1-3H3,(H,29,32,33)/t20-,21-,22-,24-/m1/s1. The number of nitrogens with one attached hydrogen (secondary N) is 1. The van der Waals surface area contributed by atoms with Crippen LogP contribution in [-0.2, 0) is 15.8 Å². The van der Waals surface area contributed by atoms with Gasteiger partial charge in [-0.1, -0.05) is 81.4 Å². The van der Waals surface area contributed by atoms with Crippen LogP contribution in [0.4, 0.5) is 8.78 Å². The molecule has 0 bridgehead atoms. The second-order valence-corrected chi connectivity index (χ2v) is 14.2. The minimum absolute atomic E-state index is 0.139. The molecular formula is C26H30F2N2O5Si. The van der Waals surface area contributed by atoms with E-state index >= 15 is 4.39 Å². The van der Waals surface area contributed by atoms with E-state index in [0.717, 1.165) is 21.1 Å². The van der Waals surface area contributed by atoms with Crippen molar-refractivity contribution in [3.63, 3.8) is 0 Å². The molecule has 2 aromatic carbocycles. The minimum atomic E-state index is -2.98. The number of alkyl halides is 2. The number of H-pyrrole nitrogens is 1. The highest BCUT2D eigenvalue weighted by atomic mass is 28.4. The van der Waals surface area contributed by atoms with E-state index in [1.165, 1.54) is 0 Å². The molecule has 192 valence electrons. The van der Waals surface area contributed by atoms with E-state index in [0.29, 0.717) is 0 Å². The third-order valence-electron chi connectivity index (χ3n) is 6.63. The topological polar surface area (TPSA) is 93.5 Å². The van der Waals surface area contributed by atoms with E-state index < -0.39 is 50.8 Å². The van der Waals surface area contributed by atoms with E-state index in [-0.39, 0.29) is 17.2 Å². The van der Waals surface area contributed by atoms with Gasteiger partial charge in [0, 0.05) is 6.20 Å². The second-order valence-electron chi connectivity index (χ2n) is 9.93. The van der Waals surface area contributed by atoms with E-state index in [1.807, 2.05) is 65.6 Å². The number of nitrogens with zero attached hydrogens (tertiary/aromatic N) is 1. The summed E-state index contributed by atoms with van der Waals surface area (Å²) in [6, 6.07) is 19.6. The zero-order chi connectivity index (χ0) is 26.1. The fourth-order valence-corrected chi connectivity index (χ4v) is 9.41. The van der Waals surface area contributed by atoms with Crippen molar-refractivity contribution in [2.75, 3.05) is 6.61 Å². The number of aliphatic hydroxyl groups excluding tert-OH is 1. The molecule has 1 saturated heterocycles. The third kappa shape index (κ3) is 4.61. The average molecular weight is 517 g/mol. The van der Waals surface area contributed by atoms with E-state index in [9.17, 15) is 19.1 Å². The van der Waals surface area contributed by atoms with E-state index in [1.54, 1.807) is 0 Å². The maximum absolute atomic E-state index is 15.2. The van der Waals surface area contributed by atoms with Crippen LogP contribution in [0.2, 0.25) is 5.04 Å². The maximum Gasteiger partial charge on any atom is 0.330 e. The number of ether oxygens (including phenoxy) is 1. The molecular weight excluding hydrogens is 486 g/mol. The SMILES string of the molecule is CC(C)(C)[Si](OC[C@H]1O[C@@H](n2cc(CF)c(=O)[nH]c2=O)[C@H](F)[C@@H]1O)(c1ccccc1)c1ccccc1. The van der Waals surface area contributed by atoms with Gasteiger partial charge in [0.1, 0.15) is 18.9 Å². The van der Waals surface area contributed by atoms with Crippen LogP contribution in [0, 0.1) is 0 Å². The fraction of sp³-hybridized carbons (Fsp3) is 0.385. The molecule has 1 fully saturated rings. The molecule has 10 heteroatoms. The molecule has 0 amide bonds. The summed E-state index contributed by atoms with van der Waals surface area (Å²) in [4.78, 5) is 26.0. The van der Waals surface area contributed by atoms with Crippen LogP contribution in [0.25, 0.3) is 0 Å². The summed E-state index contributed by atoms with van der Waals surface area (Å²) in [5, 5.41) is 12.3. The lowest BCUT2D eigenvalue weighted by Crippen LogP contribution is -2.67. The molecule has 0 saturated carbocycles. The number of hydrogen-bond acceptors (Lipinski definition) is 5. The predicted molar refractivity (Wildman–Crippen MR) is 135 cm³/mol. The van der Waals surface area contributed by atoms with Crippen molar-refractivity contribution in [1.82, 2.24) is 9.55 Å². The molecule has 36 heavy (non-hydrogen) atoms. The van der Waals surface area contributed by atoms with Gasteiger partial charge in [-0.05, 0) is 15.4 Å². The first-order chi connectivity index (χ1) is 17.1. The van der Waals surface area contributed by atoms with E-state index in [2.05, 4.69) is 20.8 Å². The Balaban J connectivity index is 1.69. The normalized spacial score (nSPS) is 22.6. The van der Waals surface area contributed by atoms with Gasteiger partial charge in [-0.3, -0.25) is 14.3 Å². The number of aliphatic hydroxyl groups is 1. The van der Waals surface area contributed by atoms with Crippen molar-refractivity contribution in [2.24, 2.45) is 0 Å². The number of hydrogen-bond donors (Lipinski definition) is 2. The Labute approximate surface area is 208 Å². The number of rotatable bonds is 7. The molecule has 2 heterocycles. The predicted octanol–water partition coefficient (Wildman–Crippen LogP) is 2.18. The average Bonchev–Trinajstić information content (AvgIpc) is 3.13. The number of aromatic amines is 1. The van der Waals surface area contributed by atoms with Gasteiger partial charge in [0.25, 0.3) is 13.9 Å². The molecule has 0 spiro atoms. The number of aromatic nitrogens is 2. The van der Waals surface area contributed by atoms with Crippen LogP contribution in [-0.4, -0.2) is 48.0 Å². The van der Waals surface area contributed by atoms with Crippen molar-refractivity contribution >= 4 is 18.7 Å². The highest BCUT2D eigenvalue weighted by Gasteiger charge is 2.52. The van der Waals surface area contributed by atoms with Gasteiger partial charge in [-0.15, -0.1) is 0 Å². The summed E-state index contributed by atoms with van der Waals surface area (Å²) >= 11 is 0. The van der Waals surface area contributed by atoms with Crippen LogP contribution in [0.15, 0.2) is 76.4 Å². The molecule has 1 aliphatic heterocycles. The Morgan fingerprint density at radius 3 is 2.11 bits per heavy atom. The van der Waals surface area contributed by atoms with Crippen LogP contribution < -0.4 is 21.6 Å². The third-order valence-corrected chi connectivity index (χ3v) is 11.6. The largest absolute Gasteiger partial charge is 0.405 e. The first-order valence-electron chi connectivity index (χ1n) is 11.7. The second kappa shape index (κ2) is 10.2.